The predicted octanol–water partition coefficient (Wildman–Crippen LogP) is 4.02. The Balaban J connectivity index is 1.76. The summed E-state index contributed by atoms with van der Waals surface area (Å²) in [4.78, 5) is 12.1. The molecule has 0 aliphatic carbocycles. The maximum Gasteiger partial charge on any atom is 0.252 e. The number of hydrogen-bond acceptors (Lipinski definition) is 4. The van der Waals surface area contributed by atoms with Crippen molar-refractivity contribution >= 4 is 23.9 Å². The Kier molecular flexibility index (Phi) is 7.79. The quantitative estimate of drug-likeness (QED) is 0.420. The van der Waals surface area contributed by atoms with E-state index in [1.165, 1.54) is 5.56 Å². The van der Waals surface area contributed by atoms with Gasteiger partial charge in [0.25, 0.3) is 5.91 Å². The first kappa shape index (κ1) is 18.8. The molecular formula is C20H22N2O2S. The second-order valence-corrected chi connectivity index (χ2v) is 6.67. The van der Waals surface area contributed by atoms with E-state index in [0.717, 1.165) is 17.1 Å². The van der Waals surface area contributed by atoms with Crippen molar-refractivity contribution in [3.8, 4) is 5.75 Å². The van der Waals surface area contributed by atoms with E-state index in [4.69, 9.17) is 4.74 Å². The second-order valence-electron chi connectivity index (χ2n) is 5.34. The largest absolute Gasteiger partial charge is 0.490 e. The number of nitrogens with one attached hydrogen (secondary N) is 1. The molecule has 0 saturated heterocycles. The maximum absolute atomic E-state index is 12.1. The minimum Gasteiger partial charge on any atom is -0.490 e. The van der Waals surface area contributed by atoms with E-state index in [-0.39, 0.29) is 11.2 Å². The third kappa shape index (κ3) is 6.85. The first-order valence-corrected chi connectivity index (χ1v) is 9.06. The Morgan fingerprint density at radius 1 is 1.24 bits per heavy atom. The van der Waals surface area contributed by atoms with Gasteiger partial charge in [0.2, 0.25) is 0 Å². The van der Waals surface area contributed by atoms with Gasteiger partial charge in [-0.3, -0.25) is 4.79 Å². The van der Waals surface area contributed by atoms with Gasteiger partial charge in [-0.1, -0.05) is 43.0 Å². The van der Waals surface area contributed by atoms with Crippen LogP contribution >= 0.6 is 11.8 Å². The Hall–Kier alpha value is -2.53. The molecular weight excluding hydrogens is 332 g/mol. The Morgan fingerprint density at radius 3 is 2.64 bits per heavy atom. The molecule has 1 atom stereocenters. The van der Waals surface area contributed by atoms with E-state index < -0.39 is 0 Å². The fraction of sp³-hybridized carbons (Fsp3) is 0.200. The number of thioether (sulfide) groups is 1. The molecule has 5 heteroatoms. The van der Waals surface area contributed by atoms with Crippen LogP contribution in [0.2, 0.25) is 0 Å². The van der Waals surface area contributed by atoms with Crippen molar-refractivity contribution in [2.24, 2.45) is 5.10 Å². The SMILES string of the molecule is C=CCOc1ccc(C=NNC(=O)C(C)SCc2ccccc2)cc1. The highest BCUT2D eigenvalue weighted by Gasteiger charge is 2.12. The molecule has 4 nitrogen and oxygen atoms in total. The molecule has 1 N–H and O–H groups in total. The summed E-state index contributed by atoms with van der Waals surface area (Å²) < 4.78 is 5.41. The number of amides is 1. The van der Waals surface area contributed by atoms with Crippen LogP contribution in [0.4, 0.5) is 0 Å². The Morgan fingerprint density at radius 2 is 1.96 bits per heavy atom. The lowest BCUT2D eigenvalue weighted by Gasteiger charge is -2.09. The molecule has 0 aliphatic rings. The number of carbonyl (C=O) groups excluding carboxylic acids is 1. The molecule has 2 aromatic rings. The summed E-state index contributed by atoms with van der Waals surface area (Å²) in [6.07, 6.45) is 3.31. The van der Waals surface area contributed by atoms with Crippen LogP contribution in [-0.4, -0.2) is 24.0 Å². The number of carbonyl (C=O) groups is 1. The molecule has 2 rings (SSSR count). The van der Waals surface area contributed by atoms with E-state index in [1.54, 1.807) is 24.1 Å². The lowest BCUT2D eigenvalue weighted by molar-refractivity contribution is -0.120. The molecule has 130 valence electrons. The van der Waals surface area contributed by atoms with E-state index >= 15 is 0 Å². The average Bonchev–Trinajstić information content (AvgIpc) is 2.66. The third-order valence-corrected chi connectivity index (χ3v) is 4.56. The minimum atomic E-state index is -0.174. The molecule has 2 aromatic carbocycles. The highest BCUT2D eigenvalue weighted by Crippen LogP contribution is 2.17. The monoisotopic (exact) mass is 354 g/mol. The fourth-order valence-corrected chi connectivity index (χ4v) is 2.78. The smallest absolute Gasteiger partial charge is 0.252 e. The van der Waals surface area contributed by atoms with Gasteiger partial charge in [-0.2, -0.15) is 5.10 Å². The van der Waals surface area contributed by atoms with Gasteiger partial charge in [-0.25, -0.2) is 5.43 Å². The van der Waals surface area contributed by atoms with Crippen molar-refractivity contribution in [1.29, 1.82) is 0 Å². The molecule has 0 saturated carbocycles. The van der Waals surface area contributed by atoms with Crippen LogP contribution < -0.4 is 10.2 Å². The van der Waals surface area contributed by atoms with Crippen LogP contribution in [0.25, 0.3) is 0 Å². The molecule has 0 spiro atoms. The van der Waals surface area contributed by atoms with Gasteiger partial charge in [0.1, 0.15) is 12.4 Å². The molecule has 1 unspecified atom stereocenters. The summed E-state index contributed by atoms with van der Waals surface area (Å²) in [5.41, 5.74) is 4.67. The van der Waals surface area contributed by atoms with E-state index in [9.17, 15) is 4.79 Å². The van der Waals surface area contributed by atoms with E-state index in [1.807, 2.05) is 49.4 Å². The van der Waals surface area contributed by atoms with Crippen molar-refractivity contribution in [2.45, 2.75) is 17.9 Å². The molecule has 25 heavy (non-hydrogen) atoms. The van der Waals surface area contributed by atoms with Gasteiger partial charge in [0, 0.05) is 5.75 Å². The first-order valence-electron chi connectivity index (χ1n) is 8.01. The lowest BCUT2D eigenvalue weighted by atomic mass is 10.2. The fourth-order valence-electron chi connectivity index (χ4n) is 1.94. The highest BCUT2D eigenvalue weighted by atomic mass is 32.2. The number of benzene rings is 2. The van der Waals surface area contributed by atoms with Gasteiger partial charge >= 0.3 is 0 Å². The van der Waals surface area contributed by atoms with Crippen molar-refractivity contribution in [3.05, 3.63) is 78.4 Å². The standard InChI is InChI=1S/C20H22N2O2S/c1-3-13-24-19-11-9-17(10-12-19)14-21-22-20(23)16(2)25-15-18-7-5-4-6-8-18/h3-12,14,16H,1,13,15H2,2H3,(H,22,23). The number of hydrazone groups is 1. The molecule has 0 aromatic heterocycles. The third-order valence-electron chi connectivity index (χ3n) is 3.35. The number of hydrogen-bond donors (Lipinski definition) is 1. The van der Waals surface area contributed by atoms with E-state index in [0.29, 0.717) is 6.61 Å². The van der Waals surface area contributed by atoms with Crippen LogP contribution in [0.5, 0.6) is 5.75 Å². The van der Waals surface area contributed by atoms with Crippen molar-refractivity contribution < 1.29 is 9.53 Å². The summed E-state index contributed by atoms with van der Waals surface area (Å²) in [5, 5.41) is 3.84. The molecule has 1 amide bonds. The number of ether oxygens (including phenoxy) is 1. The number of rotatable bonds is 9. The maximum atomic E-state index is 12.1. The zero-order valence-electron chi connectivity index (χ0n) is 14.2. The normalized spacial score (nSPS) is 11.9. The summed E-state index contributed by atoms with van der Waals surface area (Å²) in [5.74, 6) is 1.46. The molecule has 0 aliphatic heterocycles. The lowest BCUT2D eigenvalue weighted by Crippen LogP contribution is -2.26. The van der Waals surface area contributed by atoms with Gasteiger partial charge in [0.15, 0.2) is 0 Å². The molecule has 0 radical (unpaired) electrons. The van der Waals surface area contributed by atoms with E-state index in [2.05, 4.69) is 29.2 Å². The van der Waals surface area contributed by atoms with Crippen LogP contribution in [0.1, 0.15) is 18.1 Å². The minimum absolute atomic E-state index is 0.108. The van der Waals surface area contributed by atoms with Crippen molar-refractivity contribution in [2.75, 3.05) is 6.61 Å². The first-order chi connectivity index (χ1) is 12.2. The van der Waals surface area contributed by atoms with Crippen LogP contribution in [0.15, 0.2) is 72.4 Å². The number of nitrogens with zero attached hydrogens (tertiary/aromatic N) is 1. The zero-order valence-corrected chi connectivity index (χ0v) is 15.0. The van der Waals surface area contributed by atoms with Crippen molar-refractivity contribution in [1.82, 2.24) is 5.43 Å². The molecule has 0 bridgehead atoms. The Labute approximate surface area is 153 Å². The predicted molar refractivity (Wildman–Crippen MR) is 105 cm³/mol. The van der Waals surface area contributed by atoms with Gasteiger partial charge in [0.05, 0.1) is 11.5 Å². The van der Waals surface area contributed by atoms with Gasteiger partial charge in [-0.15, -0.1) is 11.8 Å². The van der Waals surface area contributed by atoms with Crippen molar-refractivity contribution in [3.63, 3.8) is 0 Å². The van der Waals surface area contributed by atoms with Gasteiger partial charge < -0.3 is 4.74 Å². The highest BCUT2D eigenvalue weighted by molar-refractivity contribution is 7.99. The molecule has 0 heterocycles. The topological polar surface area (TPSA) is 50.7 Å². The molecule has 0 fully saturated rings. The summed E-state index contributed by atoms with van der Waals surface area (Å²) in [7, 11) is 0. The van der Waals surface area contributed by atoms with Gasteiger partial charge in [-0.05, 0) is 42.3 Å². The average molecular weight is 354 g/mol. The Bertz CT molecular complexity index is 699. The van der Waals surface area contributed by atoms with Crippen LogP contribution in [0.3, 0.4) is 0 Å². The summed E-state index contributed by atoms with van der Waals surface area (Å²) in [6, 6.07) is 17.5. The van der Waals surface area contributed by atoms with Crippen LogP contribution in [-0.2, 0) is 10.5 Å². The van der Waals surface area contributed by atoms with Crippen LogP contribution in [0, 0.1) is 0 Å². The summed E-state index contributed by atoms with van der Waals surface area (Å²) in [6.45, 7) is 5.96. The summed E-state index contributed by atoms with van der Waals surface area (Å²) >= 11 is 1.58. The second kappa shape index (κ2) is 10.4. The zero-order chi connectivity index (χ0) is 17.9.